The van der Waals surface area contributed by atoms with Gasteiger partial charge in [-0.1, -0.05) is 30.3 Å². The third kappa shape index (κ3) is 5.21. The zero-order valence-electron chi connectivity index (χ0n) is 10.8. The Hall–Kier alpha value is -2.35. The molecular formula is C14H17N3O2. The first-order valence-corrected chi connectivity index (χ1v) is 6.05. The fourth-order valence-corrected chi connectivity index (χ4v) is 1.68. The highest BCUT2D eigenvalue weighted by Crippen LogP contribution is 2.05. The third-order valence-electron chi connectivity index (χ3n) is 2.70. The average Bonchev–Trinajstić information content (AvgIpc) is 2.38. The SMILES string of the molecule is C[C@H](C#N)C[C@@H](NC(=O)Cc1ccccc1)C(N)=O. The van der Waals surface area contributed by atoms with E-state index >= 15 is 0 Å². The number of nitrogens with zero attached hydrogens (tertiary/aromatic N) is 1. The van der Waals surface area contributed by atoms with Gasteiger partial charge in [0, 0.05) is 5.92 Å². The minimum Gasteiger partial charge on any atom is -0.368 e. The molecule has 5 heteroatoms. The van der Waals surface area contributed by atoms with Crippen LogP contribution in [0.2, 0.25) is 0 Å². The first kappa shape index (κ1) is 14.7. The lowest BCUT2D eigenvalue weighted by Crippen LogP contribution is -2.45. The van der Waals surface area contributed by atoms with Gasteiger partial charge in [0.15, 0.2) is 0 Å². The van der Waals surface area contributed by atoms with Gasteiger partial charge in [-0.2, -0.15) is 5.26 Å². The Labute approximate surface area is 112 Å². The van der Waals surface area contributed by atoms with Crippen LogP contribution in [0, 0.1) is 17.2 Å². The largest absolute Gasteiger partial charge is 0.368 e. The first-order chi connectivity index (χ1) is 9.02. The van der Waals surface area contributed by atoms with Crippen LogP contribution in [0.5, 0.6) is 0 Å². The molecule has 0 saturated heterocycles. The van der Waals surface area contributed by atoms with Crippen molar-refractivity contribution in [2.75, 3.05) is 0 Å². The summed E-state index contributed by atoms with van der Waals surface area (Å²) < 4.78 is 0. The highest BCUT2D eigenvalue weighted by atomic mass is 16.2. The van der Waals surface area contributed by atoms with E-state index in [1.54, 1.807) is 6.92 Å². The highest BCUT2D eigenvalue weighted by molar-refractivity contribution is 5.87. The summed E-state index contributed by atoms with van der Waals surface area (Å²) in [6.07, 6.45) is 0.415. The number of nitrogens with one attached hydrogen (secondary N) is 1. The third-order valence-corrected chi connectivity index (χ3v) is 2.70. The van der Waals surface area contributed by atoms with E-state index < -0.39 is 11.9 Å². The summed E-state index contributed by atoms with van der Waals surface area (Å²) in [7, 11) is 0. The van der Waals surface area contributed by atoms with Gasteiger partial charge in [0.1, 0.15) is 6.04 Å². The molecule has 0 aliphatic heterocycles. The molecule has 0 fully saturated rings. The molecule has 0 aliphatic carbocycles. The maximum Gasteiger partial charge on any atom is 0.240 e. The maximum atomic E-state index is 11.8. The van der Waals surface area contributed by atoms with E-state index in [-0.39, 0.29) is 24.7 Å². The standard InChI is InChI=1S/C14H17N3O2/c1-10(9-15)7-12(14(16)19)17-13(18)8-11-5-3-2-4-6-11/h2-6,10,12H,7-8H2,1H3,(H2,16,19)(H,17,18)/t10-,12+/m0/s1. The monoisotopic (exact) mass is 259 g/mol. The van der Waals surface area contributed by atoms with Crippen molar-refractivity contribution in [3.63, 3.8) is 0 Å². The van der Waals surface area contributed by atoms with Crippen molar-refractivity contribution in [3.8, 4) is 6.07 Å². The summed E-state index contributed by atoms with van der Waals surface area (Å²) in [5.41, 5.74) is 6.08. The van der Waals surface area contributed by atoms with Crippen LogP contribution < -0.4 is 11.1 Å². The Morgan fingerprint density at radius 3 is 2.53 bits per heavy atom. The minimum atomic E-state index is -0.800. The molecule has 0 unspecified atom stereocenters. The lowest BCUT2D eigenvalue weighted by atomic mass is 10.0. The van der Waals surface area contributed by atoms with E-state index in [0.717, 1.165) is 5.56 Å². The van der Waals surface area contributed by atoms with E-state index in [0.29, 0.717) is 0 Å². The summed E-state index contributed by atoms with van der Waals surface area (Å²) in [6.45, 7) is 1.68. The van der Waals surface area contributed by atoms with Crippen LogP contribution in [0.15, 0.2) is 30.3 Å². The molecule has 0 heterocycles. The predicted molar refractivity (Wildman–Crippen MR) is 70.7 cm³/mol. The van der Waals surface area contributed by atoms with E-state index in [1.807, 2.05) is 36.4 Å². The lowest BCUT2D eigenvalue weighted by molar-refractivity contribution is -0.127. The van der Waals surface area contributed by atoms with Crippen molar-refractivity contribution in [1.82, 2.24) is 5.32 Å². The molecule has 3 N–H and O–H groups in total. The van der Waals surface area contributed by atoms with Crippen molar-refractivity contribution in [1.29, 1.82) is 5.26 Å². The van der Waals surface area contributed by atoms with Crippen molar-refractivity contribution in [2.45, 2.75) is 25.8 Å². The Kier molecular flexibility index (Phi) is 5.55. The second kappa shape index (κ2) is 7.17. The number of amides is 2. The van der Waals surface area contributed by atoms with Gasteiger partial charge in [0.25, 0.3) is 0 Å². The van der Waals surface area contributed by atoms with Crippen LogP contribution in [0.25, 0.3) is 0 Å². The molecule has 0 radical (unpaired) electrons. The van der Waals surface area contributed by atoms with E-state index in [2.05, 4.69) is 5.32 Å². The van der Waals surface area contributed by atoms with Crippen LogP contribution in [-0.4, -0.2) is 17.9 Å². The number of rotatable bonds is 6. The van der Waals surface area contributed by atoms with E-state index in [1.165, 1.54) is 0 Å². The second-order valence-electron chi connectivity index (χ2n) is 4.45. The molecule has 19 heavy (non-hydrogen) atoms. The molecule has 0 aromatic heterocycles. The second-order valence-corrected chi connectivity index (χ2v) is 4.45. The number of hydrogen-bond donors (Lipinski definition) is 2. The first-order valence-electron chi connectivity index (χ1n) is 6.05. The van der Waals surface area contributed by atoms with Crippen molar-refractivity contribution in [2.24, 2.45) is 11.7 Å². The molecule has 0 spiro atoms. The lowest BCUT2D eigenvalue weighted by Gasteiger charge is -2.16. The molecular weight excluding hydrogens is 242 g/mol. The van der Waals surface area contributed by atoms with Crippen LogP contribution in [0.4, 0.5) is 0 Å². The molecule has 1 aromatic carbocycles. The van der Waals surface area contributed by atoms with Gasteiger partial charge >= 0.3 is 0 Å². The summed E-state index contributed by atoms with van der Waals surface area (Å²) in [5, 5.41) is 11.3. The van der Waals surface area contributed by atoms with E-state index in [4.69, 9.17) is 11.0 Å². The van der Waals surface area contributed by atoms with Crippen LogP contribution >= 0.6 is 0 Å². The summed E-state index contributed by atoms with van der Waals surface area (Å²) in [5.74, 6) is -1.24. The van der Waals surface area contributed by atoms with Crippen LogP contribution in [0.3, 0.4) is 0 Å². The molecule has 5 nitrogen and oxygen atoms in total. The Balaban J connectivity index is 2.57. The zero-order chi connectivity index (χ0) is 14.3. The van der Waals surface area contributed by atoms with Crippen LogP contribution in [0.1, 0.15) is 18.9 Å². The van der Waals surface area contributed by atoms with Gasteiger partial charge in [-0.3, -0.25) is 9.59 Å². The average molecular weight is 259 g/mol. The maximum absolute atomic E-state index is 11.8. The van der Waals surface area contributed by atoms with Gasteiger partial charge in [-0.05, 0) is 18.9 Å². The van der Waals surface area contributed by atoms with Crippen LogP contribution in [-0.2, 0) is 16.0 Å². The van der Waals surface area contributed by atoms with Crippen molar-refractivity contribution >= 4 is 11.8 Å². The smallest absolute Gasteiger partial charge is 0.240 e. The fourth-order valence-electron chi connectivity index (χ4n) is 1.68. The predicted octanol–water partition coefficient (Wildman–Crippen LogP) is 0.749. The fraction of sp³-hybridized carbons (Fsp3) is 0.357. The van der Waals surface area contributed by atoms with Gasteiger partial charge in [0.05, 0.1) is 12.5 Å². The summed E-state index contributed by atoms with van der Waals surface area (Å²) in [4.78, 5) is 23.0. The normalized spacial score (nSPS) is 13.1. The molecule has 0 saturated carbocycles. The number of hydrogen-bond acceptors (Lipinski definition) is 3. The molecule has 1 rings (SSSR count). The molecule has 0 bridgehead atoms. The molecule has 1 aromatic rings. The minimum absolute atomic E-state index is 0.186. The van der Waals surface area contributed by atoms with Crippen molar-refractivity contribution < 1.29 is 9.59 Å². The number of nitrogens with two attached hydrogens (primary N) is 1. The molecule has 100 valence electrons. The Bertz CT molecular complexity index is 479. The van der Waals surface area contributed by atoms with E-state index in [9.17, 15) is 9.59 Å². The summed E-state index contributed by atoms with van der Waals surface area (Å²) in [6, 6.07) is 10.4. The van der Waals surface area contributed by atoms with Gasteiger partial charge in [-0.15, -0.1) is 0 Å². The number of benzene rings is 1. The number of nitriles is 1. The van der Waals surface area contributed by atoms with Gasteiger partial charge in [-0.25, -0.2) is 0 Å². The quantitative estimate of drug-likeness (QED) is 0.789. The zero-order valence-corrected chi connectivity index (χ0v) is 10.8. The van der Waals surface area contributed by atoms with Gasteiger partial charge in [0.2, 0.25) is 11.8 Å². The Morgan fingerprint density at radius 2 is 2.00 bits per heavy atom. The number of carbonyl (C=O) groups excluding carboxylic acids is 2. The number of primary amides is 1. The van der Waals surface area contributed by atoms with Gasteiger partial charge < -0.3 is 11.1 Å². The molecule has 2 amide bonds. The molecule has 2 atom stereocenters. The summed E-state index contributed by atoms with van der Waals surface area (Å²) >= 11 is 0. The Morgan fingerprint density at radius 1 is 1.37 bits per heavy atom. The number of carbonyl (C=O) groups is 2. The topological polar surface area (TPSA) is 96.0 Å². The molecule has 0 aliphatic rings. The highest BCUT2D eigenvalue weighted by Gasteiger charge is 2.20. The van der Waals surface area contributed by atoms with Crippen molar-refractivity contribution in [3.05, 3.63) is 35.9 Å².